The number of rotatable bonds is 7. The molecule has 0 amide bonds. The Morgan fingerprint density at radius 3 is 2.60 bits per heavy atom. The highest BCUT2D eigenvalue weighted by Crippen LogP contribution is 2.13. The second-order valence-corrected chi connectivity index (χ2v) is 5.11. The molecule has 20 heavy (non-hydrogen) atoms. The van der Waals surface area contributed by atoms with Crippen LogP contribution in [0.1, 0.15) is 24.6 Å². The van der Waals surface area contributed by atoms with Crippen LogP contribution in [0.5, 0.6) is 5.75 Å². The molecule has 1 heterocycles. The average molecular weight is 273 g/mol. The second kappa shape index (κ2) is 7.10. The van der Waals surface area contributed by atoms with Crippen LogP contribution in [0.25, 0.3) is 0 Å². The zero-order valence-electron chi connectivity index (χ0n) is 12.5. The summed E-state index contributed by atoms with van der Waals surface area (Å²) in [5.74, 6) is 0.913. The van der Waals surface area contributed by atoms with E-state index in [9.17, 15) is 0 Å². The number of methoxy groups -OCH3 is 1. The Kier molecular flexibility index (Phi) is 5.18. The molecule has 0 spiro atoms. The number of aryl methyl sites for hydroxylation is 2. The van der Waals surface area contributed by atoms with E-state index >= 15 is 0 Å². The summed E-state index contributed by atoms with van der Waals surface area (Å²) in [6, 6.07) is 10.8. The molecule has 108 valence electrons. The summed E-state index contributed by atoms with van der Waals surface area (Å²) in [6.45, 7) is 3.08. The maximum atomic E-state index is 5.17. The third-order valence-electron chi connectivity index (χ3n) is 3.58. The minimum Gasteiger partial charge on any atom is -0.497 e. The van der Waals surface area contributed by atoms with E-state index in [1.54, 1.807) is 7.11 Å². The molecule has 0 radical (unpaired) electrons. The van der Waals surface area contributed by atoms with Crippen LogP contribution in [0.2, 0.25) is 0 Å². The molecular weight excluding hydrogens is 250 g/mol. The van der Waals surface area contributed by atoms with Crippen LogP contribution in [-0.2, 0) is 20.0 Å². The minimum atomic E-state index is 0.479. The van der Waals surface area contributed by atoms with Gasteiger partial charge in [-0.05, 0) is 43.5 Å². The largest absolute Gasteiger partial charge is 0.497 e. The van der Waals surface area contributed by atoms with Crippen LogP contribution in [0.4, 0.5) is 0 Å². The summed E-state index contributed by atoms with van der Waals surface area (Å²) in [5, 5.41) is 7.70. The highest BCUT2D eigenvalue weighted by molar-refractivity contribution is 5.27. The molecule has 0 aliphatic carbocycles. The Labute approximate surface area is 120 Å². The van der Waals surface area contributed by atoms with Gasteiger partial charge in [0.25, 0.3) is 0 Å². The molecule has 0 saturated heterocycles. The van der Waals surface area contributed by atoms with Crippen molar-refractivity contribution in [1.82, 2.24) is 15.1 Å². The zero-order valence-corrected chi connectivity index (χ0v) is 12.5. The van der Waals surface area contributed by atoms with Crippen molar-refractivity contribution in [3.05, 3.63) is 47.8 Å². The quantitative estimate of drug-likeness (QED) is 0.842. The lowest BCUT2D eigenvalue weighted by Gasteiger charge is -2.14. The van der Waals surface area contributed by atoms with Gasteiger partial charge in [-0.3, -0.25) is 4.68 Å². The summed E-state index contributed by atoms with van der Waals surface area (Å²) in [5.41, 5.74) is 2.56. The van der Waals surface area contributed by atoms with Gasteiger partial charge in [0.05, 0.1) is 12.8 Å². The van der Waals surface area contributed by atoms with Gasteiger partial charge in [0.1, 0.15) is 5.75 Å². The summed E-state index contributed by atoms with van der Waals surface area (Å²) >= 11 is 0. The summed E-state index contributed by atoms with van der Waals surface area (Å²) in [7, 11) is 3.67. The molecule has 1 unspecified atom stereocenters. The summed E-state index contributed by atoms with van der Waals surface area (Å²) in [4.78, 5) is 0. The molecule has 4 nitrogen and oxygen atoms in total. The topological polar surface area (TPSA) is 39.1 Å². The van der Waals surface area contributed by atoms with Gasteiger partial charge in [0, 0.05) is 25.8 Å². The van der Waals surface area contributed by atoms with Gasteiger partial charge in [-0.25, -0.2) is 0 Å². The third-order valence-corrected chi connectivity index (χ3v) is 3.58. The highest BCUT2D eigenvalue weighted by Gasteiger charge is 2.04. The van der Waals surface area contributed by atoms with Crippen LogP contribution in [0.15, 0.2) is 36.5 Å². The molecule has 0 fully saturated rings. The molecule has 2 rings (SSSR count). The number of hydrogen-bond donors (Lipinski definition) is 1. The van der Waals surface area contributed by atoms with Crippen molar-refractivity contribution in [3.8, 4) is 5.75 Å². The first-order valence-electron chi connectivity index (χ1n) is 7.02. The first-order valence-corrected chi connectivity index (χ1v) is 7.02. The van der Waals surface area contributed by atoms with E-state index in [-0.39, 0.29) is 0 Å². The SMILES string of the molecule is COc1ccc(CCC(C)NCc2ccnn2C)cc1. The van der Waals surface area contributed by atoms with Crippen LogP contribution in [-0.4, -0.2) is 22.9 Å². The van der Waals surface area contributed by atoms with Crippen LogP contribution in [0, 0.1) is 0 Å². The van der Waals surface area contributed by atoms with E-state index in [1.165, 1.54) is 11.3 Å². The molecular formula is C16H23N3O. The molecule has 4 heteroatoms. The van der Waals surface area contributed by atoms with Crippen molar-refractivity contribution in [3.63, 3.8) is 0 Å². The van der Waals surface area contributed by atoms with E-state index in [0.717, 1.165) is 25.1 Å². The summed E-state index contributed by atoms with van der Waals surface area (Å²) < 4.78 is 7.07. The van der Waals surface area contributed by atoms with Crippen LogP contribution >= 0.6 is 0 Å². The molecule has 0 aliphatic rings. The highest BCUT2D eigenvalue weighted by atomic mass is 16.5. The maximum absolute atomic E-state index is 5.17. The van der Waals surface area contributed by atoms with Gasteiger partial charge < -0.3 is 10.1 Å². The number of nitrogens with zero attached hydrogens (tertiary/aromatic N) is 2. The van der Waals surface area contributed by atoms with Gasteiger partial charge in [-0.2, -0.15) is 5.10 Å². The Morgan fingerprint density at radius 2 is 2.00 bits per heavy atom. The standard InChI is InChI=1S/C16H23N3O/c1-13(17-12-15-10-11-18-19(15)2)4-5-14-6-8-16(20-3)9-7-14/h6-11,13,17H,4-5,12H2,1-3H3. The van der Waals surface area contributed by atoms with Gasteiger partial charge in [-0.1, -0.05) is 12.1 Å². The first-order chi connectivity index (χ1) is 9.69. The Balaban J connectivity index is 1.74. The van der Waals surface area contributed by atoms with Crippen molar-refractivity contribution in [2.24, 2.45) is 7.05 Å². The van der Waals surface area contributed by atoms with Crippen molar-refractivity contribution in [1.29, 1.82) is 0 Å². The maximum Gasteiger partial charge on any atom is 0.118 e. The van der Waals surface area contributed by atoms with Crippen molar-refractivity contribution < 1.29 is 4.74 Å². The normalized spacial score (nSPS) is 12.3. The van der Waals surface area contributed by atoms with Crippen molar-refractivity contribution >= 4 is 0 Å². The number of ether oxygens (including phenoxy) is 1. The molecule has 1 atom stereocenters. The number of nitrogens with one attached hydrogen (secondary N) is 1. The van der Waals surface area contributed by atoms with E-state index < -0.39 is 0 Å². The van der Waals surface area contributed by atoms with Crippen molar-refractivity contribution in [2.45, 2.75) is 32.4 Å². The van der Waals surface area contributed by atoms with E-state index in [4.69, 9.17) is 4.74 Å². The average Bonchev–Trinajstić information content (AvgIpc) is 2.89. The van der Waals surface area contributed by atoms with Crippen LogP contribution < -0.4 is 10.1 Å². The minimum absolute atomic E-state index is 0.479. The molecule has 1 aromatic heterocycles. The number of hydrogen-bond acceptors (Lipinski definition) is 3. The lowest BCUT2D eigenvalue weighted by molar-refractivity contribution is 0.414. The third kappa shape index (κ3) is 4.10. The Hall–Kier alpha value is -1.81. The van der Waals surface area contributed by atoms with E-state index in [2.05, 4.69) is 29.5 Å². The lowest BCUT2D eigenvalue weighted by Crippen LogP contribution is -2.26. The number of aromatic nitrogens is 2. The van der Waals surface area contributed by atoms with Crippen LogP contribution in [0.3, 0.4) is 0 Å². The zero-order chi connectivity index (χ0) is 14.4. The van der Waals surface area contributed by atoms with Crippen molar-refractivity contribution in [2.75, 3.05) is 7.11 Å². The smallest absolute Gasteiger partial charge is 0.118 e. The first kappa shape index (κ1) is 14.6. The van der Waals surface area contributed by atoms with Gasteiger partial charge >= 0.3 is 0 Å². The van der Waals surface area contributed by atoms with Gasteiger partial charge in [-0.15, -0.1) is 0 Å². The fourth-order valence-electron chi connectivity index (χ4n) is 2.13. The predicted molar refractivity (Wildman–Crippen MR) is 80.8 cm³/mol. The molecule has 2 aromatic rings. The molecule has 0 bridgehead atoms. The monoisotopic (exact) mass is 273 g/mol. The molecule has 1 aromatic carbocycles. The predicted octanol–water partition coefficient (Wildman–Crippen LogP) is 2.54. The second-order valence-electron chi connectivity index (χ2n) is 5.11. The van der Waals surface area contributed by atoms with Gasteiger partial charge in [0.15, 0.2) is 0 Å². The van der Waals surface area contributed by atoms with E-state index in [0.29, 0.717) is 6.04 Å². The fraction of sp³-hybridized carbons (Fsp3) is 0.438. The lowest BCUT2D eigenvalue weighted by atomic mass is 10.1. The Morgan fingerprint density at radius 1 is 1.25 bits per heavy atom. The molecule has 0 aliphatic heterocycles. The summed E-state index contributed by atoms with van der Waals surface area (Å²) in [6.07, 6.45) is 4.02. The molecule has 0 saturated carbocycles. The Bertz CT molecular complexity index is 519. The fourth-order valence-corrected chi connectivity index (χ4v) is 2.13. The van der Waals surface area contributed by atoms with Gasteiger partial charge in [0.2, 0.25) is 0 Å². The molecule has 1 N–H and O–H groups in total. The van der Waals surface area contributed by atoms with E-state index in [1.807, 2.05) is 36.1 Å². The number of benzene rings is 1.